The van der Waals surface area contributed by atoms with E-state index in [0.717, 1.165) is 5.56 Å². The zero-order valence-electron chi connectivity index (χ0n) is 9.83. The number of amides is 1. The van der Waals surface area contributed by atoms with Gasteiger partial charge in [0.1, 0.15) is 12.7 Å². The summed E-state index contributed by atoms with van der Waals surface area (Å²) in [5.74, 6) is -0.567. The fraction of sp³-hybridized carbons (Fsp3) is 0.417. The summed E-state index contributed by atoms with van der Waals surface area (Å²) >= 11 is 0. The van der Waals surface area contributed by atoms with Crippen LogP contribution in [0.2, 0.25) is 0 Å². The molecule has 0 saturated heterocycles. The first-order chi connectivity index (χ1) is 8.38. The van der Waals surface area contributed by atoms with E-state index in [9.17, 15) is 18.0 Å². The van der Waals surface area contributed by atoms with Crippen molar-refractivity contribution in [1.82, 2.24) is 5.32 Å². The Hall–Kier alpha value is -1.56. The molecule has 100 valence electrons. The maximum atomic E-state index is 11.9. The first-order valence-electron chi connectivity index (χ1n) is 5.38. The predicted octanol–water partition coefficient (Wildman–Crippen LogP) is 2.27. The van der Waals surface area contributed by atoms with Crippen LogP contribution in [0.3, 0.4) is 0 Å². The summed E-state index contributed by atoms with van der Waals surface area (Å²) in [6.45, 7) is 0.123. The van der Waals surface area contributed by atoms with Crippen LogP contribution in [0.15, 0.2) is 30.3 Å². The van der Waals surface area contributed by atoms with Gasteiger partial charge in [-0.15, -0.1) is 0 Å². The Labute approximate surface area is 103 Å². The van der Waals surface area contributed by atoms with Crippen molar-refractivity contribution in [3.63, 3.8) is 0 Å². The van der Waals surface area contributed by atoms with Crippen molar-refractivity contribution >= 4 is 5.91 Å². The van der Waals surface area contributed by atoms with Crippen LogP contribution in [0, 0.1) is 0 Å². The molecule has 3 nitrogen and oxygen atoms in total. The molecule has 0 fully saturated rings. The highest BCUT2D eigenvalue weighted by atomic mass is 19.4. The quantitative estimate of drug-likeness (QED) is 0.883. The number of halogens is 3. The Morgan fingerprint density at radius 2 is 1.94 bits per heavy atom. The molecule has 0 radical (unpaired) electrons. The lowest BCUT2D eigenvalue weighted by molar-refractivity contribution is -0.185. The molecule has 0 aromatic heterocycles. The summed E-state index contributed by atoms with van der Waals surface area (Å²) < 4.78 is 40.0. The molecular weight excluding hydrogens is 247 g/mol. The molecule has 0 spiro atoms. The van der Waals surface area contributed by atoms with E-state index in [-0.39, 0.29) is 6.54 Å². The van der Waals surface area contributed by atoms with Gasteiger partial charge < -0.3 is 10.1 Å². The molecule has 0 aliphatic rings. The number of rotatable bonds is 5. The van der Waals surface area contributed by atoms with E-state index in [0.29, 0.717) is 0 Å². The zero-order valence-corrected chi connectivity index (χ0v) is 9.83. The van der Waals surface area contributed by atoms with Gasteiger partial charge >= 0.3 is 6.18 Å². The van der Waals surface area contributed by atoms with E-state index in [1.165, 1.54) is 6.92 Å². The minimum atomic E-state index is -4.42. The summed E-state index contributed by atoms with van der Waals surface area (Å²) in [6, 6.07) is 9.07. The fourth-order valence-corrected chi connectivity index (χ4v) is 1.22. The number of hydrogen-bond donors (Lipinski definition) is 1. The normalized spacial score (nSPS) is 13.1. The molecule has 1 N–H and O–H groups in total. The molecule has 0 heterocycles. The molecule has 0 aliphatic carbocycles. The second-order valence-electron chi connectivity index (χ2n) is 3.77. The largest absolute Gasteiger partial charge is 0.411 e. The first-order valence-corrected chi connectivity index (χ1v) is 5.38. The minimum absolute atomic E-state index is 0.263. The van der Waals surface area contributed by atoms with E-state index >= 15 is 0 Å². The number of nitrogens with one attached hydrogen (secondary N) is 1. The molecule has 6 heteroatoms. The van der Waals surface area contributed by atoms with Crippen LogP contribution in [0.5, 0.6) is 0 Å². The van der Waals surface area contributed by atoms with Crippen molar-refractivity contribution in [2.24, 2.45) is 0 Å². The number of hydrogen-bond acceptors (Lipinski definition) is 2. The van der Waals surface area contributed by atoms with Gasteiger partial charge in [0.15, 0.2) is 0 Å². The van der Waals surface area contributed by atoms with Gasteiger partial charge in [0.2, 0.25) is 5.91 Å². The van der Waals surface area contributed by atoms with Crippen molar-refractivity contribution in [2.75, 3.05) is 6.61 Å². The summed E-state index contributed by atoms with van der Waals surface area (Å²) in [7, 11) is 0. The van der Waals surface area contributed by atoms with Crippen LogP contribution >= 0.6 is 0 Å². The maximum absolute atomic E-state index is 11.9. The van der Waals surface area contributed by atoms with Gasteiger partial charge in [-0.2, -0.15) is 13.2 Å². The van der Waals surface area contributed by atoms with Crippen LogP contribution in [0.25, 0.3) is 0 Å². The fourth-order valence-electron chi connectivity index (χ4n) is 1.22. The predicted molar refractivity (Wildman–Crippen MR) is 59.8 cm³/mol. The monoisotopic (exact) mass is 261 g/mol. The van der Waals surface area contributed by atoms with E-state index in [1.807, 2.05) is 30.3 Å². The molecule has 0 unspecified atom stereocenters. The van der Waals surface area contributed by atoms with Crippen LogP contribution < -0.4 is 5.32 Å². The van der Waals surface area contributed by atoms with Crippen molar-refractivity contribution in [3.05, 3.63) is 35.9 Å². The van der Waals surface area contributed by atoms with Gasteiger partial charge in [-0.25, -0.2) is 0 Å². The summed E-state index contributed by atoms with van der Waals surface area (Å²) in [5, 5.41) is 2.50. The van der Waals surface area contributed by atoms with E-state index in [1.54, 1.807) is 0 Å². The van der Waals surface area contributed by atoms with E-state index in [2.05, 4.69) is 10.1 Å². The topological polar surface area (TPSA) is 38.3 Å². The van der Waals surface area contributed by atoms with Crippen molar-refractivity contribution in [3.8, 4) is 0 Å². The van der Waals surface area contributed by atoms with Gasteiger partial charge in [0.05, 0.1) is 0 Å². The third-order valence-corrected chi connectivity index (χ3v) is 2.18. The molecule has 0 aliphatic heterocycles. The van der Waals surface area contributed by atoms with Gasteiger partial charge in [-0.1, -0.05) is 30.3 Å². The van der Waals surface area contributed by atoms with E-state index in [4.69, 9.17) is 0 Å². The van der Waals surface area contributed by atoms with Gasteiger partial charge in [0, 0.05) is 6.54 Å². The van der Waals surface area contributed by atoms with Crippen LogP contribution in [0.4, 0.5) is 13.2 Å². The average molecular weight is 261 g/mol. The molecule has 1 aromatic carbocycles. The van der Waals surface area contributed by atoms with Crippen molar-refractivity contribution < 1.29 is 22.7 Å². The summed E-state index contributed by atoms with van der Waals surface area (Å²) in [6.07, 6.45) is -5.55. The second kappa shape index (κ2) is 6.39. The Kier molecular flexibility index (Phi) is 5.15. The van der Waals surface area contributed by atoms with Crippen LogP contribution in [0.1, 0.15) is 12.5 Å². The zero-order chi connectivity index (χ0) is 13.6. The minimum Gasteiger partial charge on any atom is -0.359 e. The third kappa shape index (κ3) is 5.67. The molecule has 0 saturated carbocycles. The number of benzene rings is 1. The average Bonchev–Trinajstić information content (AvgIpc) is 2.33. The number of carbonyl (C=O) groups is 1. The smallest absolute Gasteiger partial charge is 0.359 e. The lowest BCUT2D eigenvalue weighted by Crippen LogP contribution is -2.36. The molecule has 1 rings (SSSR count). The molecule has 0 bridgehead atoms. The van der Waals surface area contributed by atoms with Crippen LogP contribution in [-0.2, 0) is 16.1 Å². The standard InChI is InChI=1S/C12H14F3NO2/c1-9(18-8-12(13,14)15)11(17)16-7-10-5-3-2-4-6-10/h2-6,9H,7-8H2,1H3,(H,16,17)/t9-/m0/s1. The first kappa shape index (κ1) is 14.5. The highest BCUT2D eigenvalue weighted by molar-refractivity contribution is 5.80. The van der Waals surface area contributed by atoms with Crippen LogP contribution in [-0.4, -0.2) is 24.8 Å². The second-order valence-corrected chi connectivity index (χ2v) is 3.77. The van der Waals surface area contributed by atoms with E-state index < -0.39 is 24.8 Å². The SMILES string of the molecule is C[C@H](OCC(F)(F)F)C(=O)NCc1ccccc1. The Bertz CT molecular complexity index is 379. The van der Waals surface area contributed by atoms with Gasteiger partial charge in [-0.3, -0.25) is 4.79 Å². The molecule has 1 amide bonds. The van der Waals surface area contributed by atoms with Gasteiger partial charge in [-0.05, 0) is 12.5 Å². The number of carbonyl (C=O) groups excluding carboxylic acids is 1. The molecular formula is C12H14F3NO2. The lowest BCUT2D eigenvalue weighted by Gasteiger charge is -2.14. The summed E-state index contributed by atoms with van der Waals surface area (Å²) in [4.78, 5) is 11.4. The Morgan fingerprint density at radius 1 is 1.33 bits per heavy atom. The molecule has 18 heavy (non-hydrogen) atoms. The highest BCUT2D eigenvalue weighted by Gasteiger charge is 2.29. The summed E-state index contributed by atoms with van der Waals surface area (Å²) in [5.41, 5.74) is 0.869. The van der Waals surface area contributed by atoms with Gasteiger partial charge in [0.25, 0.3) is 0 Å². The number of alkyl halides is 3. The Balaban J connectivity index is 2.32. The Morgan fingerprint density at radius 3 is 2.50 bits per heavy atom. The maximum Gasteiger partial charge on any atom is 0.411 e. The van der Waals surface area contributed by atoms with Crippen molar-refractivity contribution in [1.29, 1.82) is 0 Å². The third-order valence-electron chi connectivity index (χ3n) is 2.18. The molecule has 1 aromatic rings. The highest BCUT2D eigenvalue weighted by Crippen LogP contribution is 2.15. The molecule has 1 atom stereocenters. The number of ether oxygens (including phenoxy) is 1. The van der Waals surface area contributed by atoms with Crippen molar-refractivity contribution in [2.45, 2.75) is 25.7 Å². The lowest BCUT2D eigenvalue weighted by atomic mass is 10.2.